The third kappa shape index (κ3) is 2.29. The zero-order valence-electron chi connectivity index (χ0n) is 5.55. The molecule has 1 heterocycles. The van der Waals surface area contributed by atoms with Crippen molar-refractivity contribution in [3.05, 3.63) is 0 Å². The number of halogens is 4. The minimum absolute atomic E-state index is 0.507. The molecule has 0 amide bonds. The van der Waals surface area contributed by atoms with E-state index < -0.39 is 24.0 Å². The first-order valence-corrected chi connectivity index (χ1v) is 7.42. The molecule has 62 valence electrons. The van der Waals surface area contributed by atoms with Gasteiger partial charge in [-0.25, -0.2) is 0 Å². The van der Waals surface area contributed by atoms with Crippen LogP contribution in [-0.4, -0.2) is 13.0 Å². The van der Waals surface area contributed by atoms with Crippen LogP contribution >= 0.6 is 19.8 Å². The Balaban J connectivity index is 2.39. The molecular weight excluding hydrogens is 256 g/mol. The number of alkyl halides is 6. The Morgan fingerprint density at radius 1 is 0.900 bits per heavy atom. The zero-order valence-corrected chi connectivity index (χ0v) is 7.70. The maximum absolute atomic E-state index is 12.0. The molecule has 1 fully saturated rings. The zero-order chi connectivity index (χ0) is 7.61. The van der Waals surface area contributed by atoms with E-state index in [0.29, 0.717) is 8.86 Å². The Morgan fingerprint density at radius 3 is 1.70 bits per heavy atom. The molecule has 0 atom stereocenters. The number of hydrogen-bond acceptors (Lipinski definition) is 0. The van der Waals surface area contributed by atoms with E-state index in [4.69, 9.17) is 0 Å². The SMILES string of the molecule is FC(F)(F)I1CCCCC1. The van der Waals surface area contributed by atoms with Crippen LogP contribution in [0.4, 0.5) is 13.2 Å². The summed E-state index contributed by atoms with van der Waals surface area (Å²) in [6, 6.07) is 0. The summed E-state index contributed by atoms with van der Waals surface area (Å²) < 4.78 is 33.3. The summed E-state index contributed by atoms with van der Waals surface area (Å²) in [6.45, 7) is 0. The van der Waals surface area contributed by atoms with Crippen molar-refractivity contribution in [3.8, 4) is 0 Å². The van der Waals surface area contributed by atoms with Crippen molar-refractivity contribution in [2.24, 2.45) is 0 Å². The van der Waals surface area contributed by atoms with Gasteiger partial charge in [0.2, 0.25) is 0 Å². The quantitative estimate of drug-likeness (QED) is 0.466. The molecule has 0 radical (unpaired) electrons. The van der Waals surface area contributed by atoms with E-state index in [0.717, 1.165) is 19.3 Å². The molecule has 1 aliphatic rings. The molecule has 0 spiro atoms. The van der Waals surface area contributed by atoms with Gasteiger partial charge in [-0.3, -0.25) is 0 Å². The van der Waals surface area contributed by atoms with Gasteiger partial charge >= 0.3 is 65.3 Å². The van der Waals surface area contributed by atoms with Crippen molar-refractivity contribution in [2.75, 3.05) is 8.86 Å². The first kappa shape index (κ1) is 8.62. The Labute approximate surface area is 65.6 Å². The normalized spacial score (nSPS) is 24.9. The molecular formula is C6H10F3I. The second-order valence-electron chi connectivity index (χ2n) is 2.32. The van der Waals surface area contributed by atoms with Crippen molar-refractivity contribution < 1.29 is 13.2 Å². The third-order valence-corrected chi connectivity index (χ3v) is 7.39. The van der Waals surface area contributed by atoms with Crippen molar-refractivity contribution in [3.63, 3.8) is 0 Å². The van der Waals surface area contributed by atoms with Gasteiger partial charge in [0.25, 0.3) is 0 Å². The van der Waals surface area contributed by atoms with Crippen LogP contribution in [0, 0.1) is 0 Å². The Bertz CT molecular complexity index is 104. The topological polar surface area (TPSA) is 0 Å². The summed E-state index contributed by atoms with van der Waals surface area (Å²) in [5.74, 6) is 0. The van der Waals surface area contributed by atoms with Gasteiger partial charge in [-0.15, -0.1) is 0 Å². The maximum atomic E-state index is 12.0. The molecule has 0 N–H and O–H groups in total. The second-order valence-corrected chi connectivity index (χ2v) is 8.31. The predicted molar refractivity (Wildman–Crippen MR) is 43.7 cm³/mol. The average molecular weight is 266 g/mol. The molecule has 0 bridgehead atoms. The molecule has 0 aromatic rings. The summed E-state index contributed by atoms with van der Waals surface area (Å²) in [6.07, 6.45) is 2.67. The van der Waals surface area contributed by atoms with E-state index in [1.807, 2.05) is 0 Å². The van der Waals surface area contributed by atoms with Gasteiger partial charge in [-0.05, 0) is 0 Å². The van der Waals surface area contributed by atoms with Gasteiger partial charge in [0.15, 0.2) is 0 Å². The van der Waals surface area contributed by atoms with Gasteiger partial charge in [0.05, 0.1) is 0 Å². The van der Waals surface area contributed by atoms with E-state index in [1.54, 1.807) is 0 Å². The minimum atomic E-state index is -3.77. The molecule has 0 nitrogen and oxygen atoms in total. The van der Waals surface area contributed by atoms with Gasteiger partial charge in [0.1, 0.15) is 0 Å². The van der Waals surface area contributed by atoms with E-state index in [2.05, 4.69) is 0 Å². The van der Waals surface area contributed by atoms with Gasteiger partial charge < -0.3 is 0 Å². The molecule has 1 aliphatic heterocycles. The Hall–Kier alpha value is 0.520. The van der Waals surface area contributed by atoms with Gasteiger partial charge in [-0.1, -0.05) is 0 Å². The van der Waals surface area contributed by atoms with Crippen LogP contribution in [0.15, 0.2) is 0 Å². The van der Waals surface area contributed by atoms with Crippen LogP contribution in [0.25, 0.3) is 0 Å². The molecule has 0 aromatic carbocycles. The Morgan fingerprint density at radius 2 is 1.40 bits per heavy atom. The van der Waals surface area contributed by atoms with E-state index >= 15 is 0 Å². The summed E-state index contributed by atoms with van der Waals surface area (Å²) in [5, 5.41) is 0. The number of hydrogen-bond donors (Lipinski definition) is 0. The first-order chi connectivity index (χ1) is 4.61. The van der Waals surface area contributed by atoms with Crippen LogP contribution in [0.3, 0.4) is 0 Å². The Kier molecular flexibility index (Phi) is 2.82. The molecule has 4 heteroatoms. The predicted octanol–water partition coefficient (Wildman–Crippen LogP) is 3.20. The van der Waals surface area contributed by atoms with Crippen molar-refractivity contribution >= 4 is 19.8 Å². The molecule has 1 rings (SSSR count). The van der Waals surface area contributed by atoms with Crippen molar-refractivity contribution in [1.29, 1.82) is 0 Å². The van der Waals surface area contributed by atoms with Crippen LogP contribution in [0.5, 0.6) is 0 Å². The van der Waals surface area contributed by atoms with Crippen LogP contribution in [0.1, 0.15) is 19.3 Å². The van der Waals surface area contributed by atoms with Crippen LogP contribution < -0.4 is 0 Å². The van der Waals surface area contributed by atoms with Crippen LogP contribution in [0.2, 0.25) is 0 Å². The van der Waals surface area contributed by atoms with Crippen LogP contribution in [-0.2, 0) is 0 Å². The molecule has 1 saturated heterocycles. The van der Waals surface area contributed by atoms with E-state index in [-0.39, 0.29) is 0 Å². The molecule has 0 aromatic heterocycles. The summed E-state index contributed by atoms with van der Waals surface area (Å²) >= 11 is -2.48. The van der Waals surface area contributed by atoms with Gasteiger partial charge in [0, 0.05) is 0 Å². The third-order valence-electron chi connectivity index (χ3n) is 1.53. The first-order valence-electron chi connectivity index (χ1n) is 3.29. The number of rotatable bonds is 0. The fourth-order valence-electron chi connectivity index (χ4n) is 0.997. The van der Waals surface area contributed by atoms with Crippen molar-refractivity contribution in [1.82, 2.24) is 0 Å². The summed E-state index contributed by atoms with van der Waals surface area (Å²) in [5.41, 5.74) is 0. The molecule has 0 aliphatic carbocycles. The molecule has 10 heavy (non-hydrogen) atoms. The fourth-order valence-corrected chi connectivity index (χ4v) is 5.68. The van der Waals surface area contributed by atoms with E-state index in [9.17, 15) is 13.2 Å². The average Bonchev–Trinajstić information content (AvgIpc) is 1.88. The van der Waals surface area contributed by atoms with Crippen molar-refractivity contribution in [2.45, 2.75) is 23.4 Å². The van der Waals surface area contributed by atoms with E-state index in [1.165, 1.54) is 0 Å². The summed E-state index contributed by atoms with van der Waals surface area (Å²) in [4.78, 5) is 0. The molecule has 0 unspecified atom stereocenters. The molecule has 0 saturated carbocycles. The van der Waals surface area contributed by atoms with Gasteiger partial charge in [-0.2, -0.15) is 0 Å². The fraction of sp³-hybridized carbons (Fsp3) is 1.00. The monoisotopic (exact) mass is 266 g/mol. The standard InChI is InChI=1S/C6H10F3I/c7-6(8,9)10-4-2-1-3-5-10/h1-5H2. The summed E-state index contributed by atoms with van der Waals surface area (Å²) in [7, 11) is 0. The second kappa shape index (κ2) is 3.28.